The Morgan fingerprint density at radius 1 is 1.13 bits per heavy atom. The molecule has 162 valence electrons. The average molecular weight is 459 g/mol. The van der Waals surface area contributed by atoms with E-state index >= 15 is 0 Å². The first kappa shape index (κ1) is 23.5. The number of hydrogen-bond acceptors (Lipinski definition) is 6. The molecule has 0 bridgehead atoms. The van der Waals surface area contributed by atoms with Crippen molar-refractivity contribution in [2.75, 3.05) is 0 Å². The lowest BCUT2D eigenvalue weighted by Crippen LogP contribution is -2.44. The van der Waals surface area contributed by atoms with Gasteiger partial charge in [0.1, 0.15) is 11.9 Å². The zero-order valence-electron chi connectivity index (χ0n) is 16.9. The van der Waals surface area contributed by atoms with Gasteiger partial charge in [-0.05, 0) is 45.1 Å². The highest BCUT2D eigenvalue weighted by atomic mass is 35.5. The molecule has 1 atom stereocenters. The molecule has 1 amide bonds. The SMILES string of the molecule is CC(C)OC(=O)[C@@H](C)NC(=O)c1cc(-n2c(=O)n(C)c(=S)n(C)c2=O)c(F)cc1Cl. The number of halogens is 2. The van der Waals surface area contributed by atoms with Crippen molar-refractivity contribution in [3.63, 3.8) is 0 Å². The zero-order chi connectivity index (χ0) is 22.9. The summed E-state index contributed by atoms with van der Waals surface area (Å²) in [6.07, 6.45) is -0.381. The molecule has 0 radical (unpaired) electrons. The number of benzene rings is 1. The van der Waals surface area contributed by atoms with Crippen LogP contribution in [0.3, 0.4) is 0 Å². The van der Waals surface area contributed by atoms with Gasteiger partial charge in [-0.15, -0.1) is 0 Å². The summed E-state index contributed by atoms with van der Waals surface area (Å²) >= 11 is 11.0. The molecule has 0 unspecified atom stereocenters. The fraction of sp³-hybridized carbons (Fsp3) is 0.389. The first-order valence-corrected chi connectivity index (χ1v) is 9.55. The largest absolute Gasteiger partial charge is 0.461 e. The Labute approximate surface area is 180 Å². The highest BCUT2D eigenvalue weighted by Gasteiger charge is 2.23. The quantitative estimate of drug-likeness (QED) is 0.537. The molecule has 0 spiro atoms. The Morgan fingerprint density at radius 3 is 2.17 bits per heavy atom. The number of carbonyl (C=O) groups excluding carboxylic acids is 2. The highest BCUT2D eigenvalue weighted by Crippen LogP contribution is 2.22. The van der Waals surface area contributed by atoms with E-state index in [0.29, 0.717) is 4.57 Å². The third kappa shape index (κ3) is 4.51. The summed E-state index contributed by atoms with van der Waals surface area (Å²) < 4.78 is 22.0. The fourth-order valence-electron chi connectivity index (χ4n) is 2.53. The van der Waals surface area contributed by atoms with Crippen LogP contribution in [0.15, 0.2) is 21.7 Å². The number of ether oxygens (including phenoxy) is 1. The number of carbonyl (C=O) groups is 2. The summed E-state index contributed by atoms with van der Waals surface area (Å²) in [7, 11) is 2.65. The molecule has 2 rings (SSSR count). The van der Waals surface area contributed by atoms with E-state index in [1.165, 1.54) is 21.0 Å². The molecule has 1 heterocycles. The minimum atomic E-state index is -1.02. The molecule has 1 aromatic heterocycles. The van der Waals surface area contributed by atoms with Crippen molar-refractivity contribution in [1.82, 2.24) is 19.0 Å². The van der Waals surface area contributed by atoms with E-state index in [0.717, 1.165) is 21.3 Å². The van der Waals surface area contributed by atoms with Crippen molar-refractivity contribution in [2.45, 2.75) is 32.9 Å². The summed E-state index contributed by atoms with van der Waals surface area (Å²) in [5.41, 5.74) is -2.52. The molecule has 1 aromatic carbocycles. The van der Waals surface area contributed by atoms with Gasteiger partial charge in [0.25, 0.3) is 5.91 Å². The van der Waals surface area contributed by atoms with Crippen molar-refractivity contribution >= 4 is 35.7 Å². The molecule has 0 saturated heterocycles. The molecule has 1 N–H and O–H groups in total. The Hall–Kier alpha value is -2.79. The summed E-state index contributed by atoms with van der Waals surface area (Å²) in [5, 5.41) is 2.12. The third-order valence-corrected chi connectivity index (χ3v) is 4.97. The van der Waals surface area contributed by atoms with Crippen LogP contribution in [0.2, 0.25) is 5.02 Å². The second-order valence-electron chi connectivity index (χ2n) is 6.77. The van der Waals surface area contributed by atoms with Crippen LogP contribution in [0.4, 0.5) is 4.39 Å². The minimum Gasteiger partial charge on any atom is -0.461 e. The first-order chi connectivity index (χ1) is 13.9. The highest BCUT2D eigenvalue weighted by molar-refractivity contribution is 7.71. The fourth-order valence-corrected chi connectivity index (χ4v) is 2.92. The third-order valence-electron chi connectivity index (χ3n) is 4.11. The lowest BCUT2D eigenvalue weighted by atomic mass is 10.1. The van der Waals surface area contributed by atoms with Gasteiger partial charge in [-0.3, -0.25) is 13.9 Å². The standard InChI is InChI=1S/C18H20ClFN4O5S/c1-8(2)29-15(26)9(3)21-14(25)10-6-13(12(20)7-11(10)19)24-16(27)22(4)18(30)23(5)17(24)28/h6-9H,1-5H3,(H,21,25)/t9-/m1/s1. The maximum absolute atomic E-state index is 14.6. The normalized spacial score (nSPS) is 12.0. The molecule has 0 aliphatic carbocycles. The molecule has 0 aliphatic heterocycles. The van der Waals surface area contributed by atoms with Gasteiger partial charge in [0.05, 0.1) is 22.4 Å². The van der Waals surface area contributed by atoms with E-state index in [2.05, 4.69) is 5.32 Å². The maximum Gasteiger partial charge on any atom is 0.338 e. The smallest absolute Gasteiger partial charge is 0.338 e. The van der Waals surface area contributed by atoms with Gasteiger partial charge in [-0.2, -0.15) is 0 Å². The summed E-state index contributed by atoms with van der Waals surface area (Å²) in [4.78, 5) is 49.6. The van der Waals surface area contributed by atoms with E-state index < -0.39 is 40.8 Å². The predicted molar refractivity (Wildman–Crippen MR) is 110 cm³/mol. The van der Waals surface area contributed by atoms with Crippen LogP contribution in [0.5, 0.6) is 0 Å². The van der Waals surface area contributed by atoms with Gasteiger partial charge in [-0.1, -0.05) is 11.6 Å². The molecule has 0 saturated carbocycles. The van der Waals surface area contributed by atoms with Gasteiger partial charge < -0.3 is 10.1 Å². The van der Waals surface area contributed by atoms with Crippen LogP contribution in [0.1, 0.15) is 31.1 Å². The summed E-state index contributed by atoms with van der Waals surface area (Å²) in [6.45, 7) is 4.72. The van der Waals surface area contributed by atoms with E-state index in [9.17, 15) is 23.6 Å². The van der Waals surface area contributed by atoms with Crippen molar-refractivity contribution in [3.8, 4) is 5.69 Å². The topological polar surface area (TPSA) is 104 Å². The number of aromatic nitrogens is 3. The van der Waals surface area contributed by atoms with Gasteiger partial charge in [0.2, 0.25) is 0 Å². The predicted octanol–water partition coefficient (Wildman–Crippen LogP) is 1.47. The minimum absolute atomic E-state index is 0.0638. The molecular formula is C18H20ClFN4O5S. The summed E-state index contributed by atoms with van der Waals surface area (Å²) in [5.74, 6) is -2.49. The van der Waals surface area contributed by atoms with Crippen molar-refractivity contribution < 1.29 is 18.7 Å². The number of hydrogen-bond donors (Lipinski definition) is 1. The van der Waals surface area contributed by atoms with Crippen molar-refractivity contribution in [3.05, 3.63) is 54.3 Å². The molecule has 0 aliphatic rings. The monoisotopic (exact) mass is 458 g/mol. The van der Waals surface area contributed by atoms with Gasteiger partial charge in [-0.25, -0.2) is 23.3 Å². The van der Waals surface area contributed by atoms with E-state index in [-0.39, 0.29) is 21.5 Å². The van der Waals surface area contributed by atoms with Gasteiger partial charge in [0.15, 0.2) is 4.77 Å². The summed E-state index contributed by atoms with van der Waals surface area (Å²) in [6, 6.07) is 0.743. The van der Waals surface area contributed by atoms with E-state index in [1.54, 1.807) is 13.8 Å². The average Bonchev–Trinajstić information content (AvgIpc) is 2.65. The van der Waals surface area contributed by atoms with Crippen LogP contribution in [0.25, 0.3) is 5.69 Å². The molecular weight excluding hydrogens is 439 g/mol. The zero-order valence-corrected chi connectivity index (χ0v) is 18.4. The second kappa shape index (κ2) is 8.92. The van der Waals surface area contributed by atoms with Crippen LogP contribution < -0.4 is 16.7 Å². The lowest BCUT2D eigenvalue weighted by molar-refractivity contribution is -0.149. The van der Waals surface area contributed by atoms with Crippen LogP contribution >= 0.6 is 23.8 Å². The molecule has 30 heavy (non-hydrogen) atoms. The lowest BCUT2D eigenvalue weighted by Gasteiger charge is -2.17. The molecule has 12 heteroatoms. The Bertz CT molecular complexity index is 1160. The van der Waals surface area contributed by atoms with Crippen LogP contribution in [-0.2, 0) is 23.6 Å². The molecule has 2 aromatic rings. The number of nitrogens with zero attached hydrogens (tertiary/aromatic N) is 3. The van der Waals surface area contributed by atoms with Crippen molar-refractivity contribution in [1.29, 1.82) is 0 Å². The Balaban J connectivity index is 2.57. The number of rotatable bonds is 5. The van der Waals surface area contributed by atoms with Crippen LogP contribution in [0, 0.1) is 10.6 Å². The van der Waals surface area contributed by atoms with E-state index in [4.69, 9.17) is 28.6 Å². The van der Waals surface area contributed by atoms with Gasteiger partial charge in [0, 0.05) is 14.1 Å². The van der Waals surface area contributed by atoms with Gasteiger partial charge >= 0.3 is 17.3 Å². The number of esters is 1. The van der Waals surface area contributed by atoms with Crippen molar-refractivity contribution in [2.24, 2.45) is 14.1 Å². The molecule has 9 nitrogen and oxygen atoms in total. The molecule has 0 fully saturated rings. The van der Waals surface area contributed by atoms with Crippen LogP contribution in [-0.4, -0.2) is 37.7 Å². The first-order valence-electron chi connectivity index (χ1n) is 8.76. The number of amides is 1. The Kier molecular flexibility index (Phi) is 6.99. The number of nitrogens with one attached hydrogen (secondary N) is 1. The Morgan fingerprint density at radius 2 is 1.67 bits per heavy atom. The van der Waals surface area contributed by atoms with E-state index in [1.807, 2.05) is 0 Å². The second-order valence-corrected chi connectivity index (χ2v) is 7.54. The maximum atomic E-state index is 14.6.